The number of ether oxygens (including phenoxy) is 1. The second-order valence-corrected chi connectivity index (χ2v) is 7.23. The van der Waals surface area contributed by atoms with E-state index in [0.29, 0.717) is 16.5 Å². The number of anilines is 3. The van der Waals surface area contributed by atoms with Crippen LogP contribution >= 0.6 is 11.6 Å². The van der Waals surface area contributed by atoms with Gasteiger partial charge in [-0.15, -0.1) is 0 Å². The van der Waals surface area contributed by atoms with Crippen molar-refractivity contribution in [3.05, 3.63) is 47.5 Å². The first-order chi connectivity index (χ1) is 13.1. The molecule has 0 spiro atoms. The SMILES string of the molecule is COc1ccc(Cl)cc1NC(=O)C(C)Nc1ccc(N2CCCCC2)cc1. The topological polar surface area (TPSA) is 53.6 Å². The van der Waals surface area contributed by atoms with E-state index in [0.717, 1.165) is 18.8 Å². The highest BCUT2D eigenvalue weighted by Gasteiger charge is 2.16. The smallest absolute Gasteiger partial charge is 0.246 e. The van der Waals surface area contributed by atoms with E-state index in [-0.39, 0.29) is 5.91 Å². The quantitative estimate of drug-likeness (QED) is 0.749. The summed E-state index contributed by atoms with van der Waals surface area (Å²) in [6, 6.07) is 13.0. The molecule has 1 fully saturated rings. The summed E-state index contributed by atoms with van der Waals surface area (Å²) < 4.78 is 5.27. The van der Waals surface area contributed by atoms with Crippen molar-refractivity contribution < 1.29 is 9.53 Å². The Morgan fingerprint density at radius 3 is 2.48 bits per heavy atom. The van der Waals surface area contributed by atoms with Crippen molar-refractivity contribution in [3.63, 3.8) is 0 Å². The van der Waals surface area contributed by atoms with Gasteiger partial charge in [-0.05, 0) is 68.7 Å². The molecule has 2 aromatic carbocycles. The first-order valence-corrected chi connectivity index (χ1v) is 9.70. The van der Waals surface area contributed by atoms with Crippen LogP contribution in [0.3, 0.4) is 0 Å². The Balaban J connectivity index is 1.60. The monoisotopic (exact) mass is 387 g/mol. The molecule has 1 atom stereocenters. The van der Waals surface area contributed by atoms with Gasteiger partial charge in [-0.1, -0.05) is 11.6 Å². The lowest BCUT2D eigenvalue weighted by atomic mass is 10.1. The largest absolute Gasteiger partial charge is 0.495 e. The Labute approximate surface area is 165 Å². The highest BCUT2D eigenvalue weighted by molar-refractivity contribution is 6.31. The molecule has 0 aromatic heterocycles. The van der Waals surface area contributed by atoms with Crippen molar-refractivity contribution >= 4 is 34.6 Å². The summed E-state index contributed by atoms with van der Waals surface area (Å²) in [5, 5.41) is 6.65. The Bertz CT molecular complexity index is 773. The molecule has 6 heteroatoms. The molecule has 3 rings (SSSR count). The molecule has 1 amide bonds. The number of amides is 1. The number of rotatable bonds is 6. The van der Waals surface area contributed by atoms with Crippen LogP contribution in [0, 0.1) is 0 Å². The van der Waals surface area contributed by atoms with Crippen molar-refractivity contribution in [2.75, 3.05) is 35.7 Å². The van der Waals surface area contributed by atoms with Crippen LogP contribution in [0.2, 0.25) is 5.02 Å². The van der Waals surface area contributed by atoms with Crippen LogP contribution < -0.4 is 20.3 Å². The molecule has 27 heavy (non-hydrogen) atoms. The maximum atomic E-state index is 12.5. The van der Waals surface area contributed by atoms with E-state index >= 15 is 0 Å². The van der Waals surface area contributed by atoms with E-state index in [9.17, 15) is 4.79 Å². The molecule has 0 radical (unpaired) electrons. The lowest BCUT2D eigenvalue weighted by Crippen LogP contribution is -2.32. The van der Waals surface area contributed by atoms with Gasteiger partial charge in [-0.2, -0.15) is 0 Å². The molecule has 5 nitrogen and oxygen atoms in total. The van der Waals surface area contributed by atoms with Gasteiger partial charge < -0.3 is 20.3 Å². The fraction of sp³-hybridized carbons (Fsp3) is 0.381. The number of methoxy groups -OCH3 is 1. The van der Waals surface area contributed by atoms with Crippen molar-refractivity contribution in [1.29, 1.82) is 0 Å². The predicted octanol–water partition coefficient (Wildman–Crippen LogP) is 4.78. The maximum Gasteiger partial charge on any atom is 0.246 e. The minimum atomic E-state index is -0.408. The zero-order valence-electron chi connectivity index (χ0n) is 15.8. The number of carbonyl (C=O) groups excluding carboxylic acids is 1. The second kappa shape index (κ2) is 9.00. The highest BCUT2D eigenvalue weighted by atomic mass is 35.5. The van der Waals surface area contributed by atoms with Gasteiger partial charge in [0.15, 0.2) is 0 Å². The summed E-state index contributed by atoms with van der Waals surface area (Å²) in [4.78, 5) is 14.9. The molecule has 1 aliphatic rings. The summed E-state index contributed by atoms with van der Waals surface area (Å²) in [6.07, 6.45) is 3.83. The summed E-state index contributed by atoms with van der Waals surface area (Å²) in [5.41, 5.74) is 2.71. The number of piperidine rings is 1. The molecule has 2 aromatic rings. The number of nitrogens with one attached hydrogen (secondary N) is 2. The molecule has 0 saturated carbocycles. The van der Waals surface area contributed by atoms with Gasteiger partial charge in [0.1, 0.15) is 11.8 Å². The molecule has 2 N–H and O–H groups in total. The number of hydrogen-bond donors (Lipinski definition) is 2. The number of halogens is 1. The highest BCUT2D eigenvalue weighted by Crippen LogP contribution is 2.28. The third-order valence-electron chi connectivity index (χ3n) is 4.78. The van der Waals surface area contributed by atoms with Gasteiger partial charge in [-0.3, -0.25) is 4.79 Å². The van der Waals surface area contributed by atoms with E-state index < -0.39 is 6.04 Å². The van der Waals surface area contributed by atoms with Gasteiger partial charge in [0.05, 0.1) is 12.8 Å². The summed E-state index contributed by atoms with van der Waals surface area (Å²) in [6.45, 7) is 4.06. The molecule has 1 heterocycles. The van der Waals surface area contributed by atoms with Crippen molar-refractivity contribution in [2.24, 2.45) is 0 Å². The van der Waals surface area contributed by atoms with Gasteiger partial charge in [0.2, 0.25) is 5.91 Å². The van der Waals surface area contributed by atoms with Gasteiger partial charge in [-0.25, -0.2) is 0 Å². The number of carbonyl (C=O) groups is 1. The Kier molecular flexibility index (Phi) is 6.45. The predicted molar refractivity (Wildman–Crippen MR) is 112 cm³/mol. The van der Waals surface area contributed by atoms with Crippen LogP contribution in [0.1, 0.15) is 26.2 Å². The molecule has 1 unspecified atom stereocenters. The third-order valence-corrected chi connectivity index (χ3v) is 5.02. The number of hydrogen-bond acceptors (Lipinski definition) is 4. The van der Waals surface area contributed by atoms with Crippen molar-refractivity contribution in [3.8, 4) is 5.75 Å². The van der Waals surface area contributed by atoms with Crippen molar-refractivity contribution in [1.82, 2.24) is 0 Å². The standard InChI is InChI=1S/C21H26ClN3O2/c1-15(21(26)24-19-14-16(22)6-11-20(19)27-2)23-17-7-9-18(10-8-17)25-12-4-3-5-13-25/h6-11,14-15,23H,3-5,12-13H2,1-2H3,(H,24,26). The van der Waals surface area contributed by atoms with Crippen LogP contribution in [-0.2, 0) is 4.79 Å². The van der Waals surface area contributed by atoms with Crippen LogP contribution in [0.4, 0.5) is 17.1 Å². The van der Waals surface area contributed by atoms with E-state index in [1.165, 1.54) is 24.9 Å². The summed E-state index contributed by atoms with van der Waals surface area (Å²) in [7, 11) is 1.56. The normalized spacial score (nSPS) is 15.1. The van der Waals surface area contributed by atoms with Crippen LogP contribution in [0.5, 0.6) is 5.75 Å². The molecule has 1 saturated heterocycles. The third kappa shape index (κ3) is 5.07. The Hall–Kier alpha value is -2.40. The van der Waals surface area contributed by atoms with Crippen LogP contribution in [-0.4, -0.2) is 32.1 Å². The average Bonchev–Trinajstić information content (AvgIpc) is 2.69. The first kappa shape index (κ1) is 19.4. The molecule has 0 bridgehead atoms. The molecule has 1 aliphatic heterocycles. The van der Waals surface area contributed by atoms with Gasteiger partial charge in [0.25, 0.3) is 0 Å². The van der Waals surface area contributed by atoms with Gasteiger partial charge in [0, 0.05) is 29.5 Å². The maximum absolute atomic E-state index is 12.5. The summed E-state index contributed by atoms with van der Waals surface area (Å²) in [5.74, 6) is 0.418. The fourth-order valence-corrected chi connectivity index (χ4v) is 3.43. The van der Waals surface area contributed by atoms with Crippen LogP contribution in [0.25, 0.3) is 0 Å². The van der Waals surface area contributed by atoms with Crippen molar-refractivity contribution in [2.45, 2.75) is 32.2 Å². The van der Waals surface area contributed by atoms with E-state index in [1.807, 2.05) is 19.1 Å². The van der Waals surface area contributed by atoms with E-state index in [2.05, 4.69) is 27.7 Å². The van der Waals surface area contributed by atoms with Gasteiger partial charge >= 0.3 is 0 Å². The zero-order valence-corrected chi connectivity index (χ0v) is 16.6. The second-order valence-electron chi connectivity index (χ2n) is 6.79. The minimum Gasteiger partial charge on any atom is -0.495 e. The Morgan fingerprint density at radius 1 is 1.11 bits per heavy atom. The molecular formula is C21H26ClN3O2. The van der Waals surface area contributed by atoms with Crippen LogP contribution in [0.15, 0.2) is 42.5 Å². The number of nitrogens with zero attached hydrogens (tertiary/aromatic N) is 1. The summed E-state index contributed by atoms with van der Waals surface area (Å²) >= 11 is 6.02. The minimum absolute atomic E-state index is 0.157. The lowest BCUT2D eigenvalue weighted by molar-refractivity contribution is -0.116. The fourth-order valence-electron chi connectivity index (χ4n) is 3.25. The van der Waals surface area contributed by atoms with E-state index in [4.69, 9.17) is 16.3 Å². The molecule has 144 valence electrons. The average molecular weight is 388 g/mol. The lowest BCUT2D eigenvalue weighted by Gasteiger charge is -2.29. The molecule has 0 aliphatic carbocycles. The first-order valence-electron chi connectivity index (χ1n) is 9.33. The van der Waals surface area contributed by atoms with E-state index in [1.54, 1.807) is 25.3 Å². The molecular weight excluding hydrogens is 362 g/mol. The zero-order chi connectivity index (χ0) is 19.2. The Morgan fingerprint density at radius 2 is 1.81 bits per heavy atom. The number of benzene rings is 2.